The Balaban J connectivity index is 2.69. The Morgan fingerprint density at radius 2 is 2.24 bits per heavy atom. The second kappa shape index (κ2) is 5.48. The average molecular weight is 355 g/mol. The molecule has 2 heterocycles. The van der Waals surface area contributed by atoms with E-state index in [1.807, 2.05) is 0 Å². The largest absolute Gasteiger partial charge is 0.409 e. The number of nitrogens with zero attached hydrogens (tertiary/aromatic N) is 5. The number of halogens is 1. The molecule has 110 valence electrons. The smallest absolute Gasteiger partial charge is 0.314 e. The fourth-order valence-electron chi connectivity index (χ4n) is 1.77. The van der Waals surface area contributed by atoms with E-state index in [0.717, 1.165) is 4.47 Å². The molecule has 0 aliphatic rings. The summed E-state index contributed by atoms with van der Waals surface area (Å²) in [5, 5.41) is 26.9. The van der Waals surface area contributed by atoms with Gasteiger partial charge >= 0.3 is 5.69 Å². The summed E-state index contributed by atoms with van der Waals surface area (Å²) in [7, 11) is 0. The van der Waals surface area contributed by atoms with Crippen molar-refractivity contribution in [3.8, 4) is 5.82 Å². The van der Waals surface area contributed by atoms with Crippen molar-refractivity contribution < 1.29 is 10.1 Å². The summed E-state index contributed by atoms with van der Waals surface area (Å²) < 4.78 is 2.12. The Morgan fingerprint density at radius 1 is 1.57 bits per heavy atom. The first kappa shape index (κ1) is 14.9. The predicted molar refractivity (Wildman–Crippen MR) is 77.7 cm³/mol. The lowest BCUT2D eigenvalue weighted by Gasteiger charge is -2.06. The molecular formula is C11H11BrN6O3. The van der Waals surface area contributed by atoms with E-state index < -0.39 is 4.92 Å². The second-order valence-electron chi connectivity index (χ2n) is 4.21. The van der Waals surface area contributed by atoms with Gasteiger partial charge in [-0.2, -0.15) is 5.10 Å². The molecule has 0 saturated carbocycles. The molecule has 0 aliphatic carbocycles. The molecule has 0 spiro atoms. The van der Waals surface area contributed by atoms with Crippen LogP contribution in [0.4, 0.5) is 5.69 Å². The summed E-state index contributed by atoms with van der Waals surface area (Å²) in [5.41, 5.74) is 6.63. The van der Waals surface area contributed by atoms with Gasteiger partial charge in [-0.25, -0.2) is 9.67 Å². The minimum Gasteiger partial charge on any atom is -0.409 e. The van der Waals surface area contributed by atoms with E-state index in [0.29, 0.717) is 11.4 Å². The normalized spacial score (nSPS) is 11.7. The SMILES string of the molecule is Cc1nn(-c2ncc(C(N)=NO)cc2[N+](=O)[O-])c(C)c1Br. The highest BCUT2D eigenvalue weighted by atomic mass is 79.9. The molecule has 0 unspecified atom stereocenters. The molecule has 0 bridgehead atoms. The minimum atomic E-state index is -0.596. The number of rotatable bonds is 3. The number of nitrogens with two attached hydrogens (primary N) is 1. The van der Waals surface area contributed by atoms with Crippen LogP contribution in [-0.2, 0) is 0 Å². The third-order valence-corrected chi connectivity index (χ3v) is 4.00. The van der Waals surface area contributed by atoms with Crippen molar-refractivity contribution in [1.82, 2.24) is 14.8 Å². The van der Waals surface area contributed by atoms with Crippen LogP contribution in [0.15, 0.2) is 21.9 Å². The van der Waals surface area contributed by atoms with Crippen LogP contribution in [0, 0.1) is 24.0 Å². The Kier molecular flexibility index (Phi) is 3.89. The number of pyridine rings is 1. The maximum Gasteiger partial charge on any atom is 0.314 e. The third kappa shape index (κ3) is 2.57. The molecule has 0 amide bonds. The highest BCUT2D eigenvalue weighted by molar-refractivity contribution is 9.10. The van der Waals surface area contributed by atoms with E-state index in [1.165, 1.54) is 16.9 Å². The van der Waals surface area contributed by atoms with Crippen molar-refractivity contribution in [2.24, 2.45) is 10.9 Å². The van der Waals surface area contributed by atoms with Gasteiger partial charge in [0.25, 0.3) is 0 Å². The quantitative estimate of drug-likeness (QED) is 0.283. The van der Waals surface area contributed by atoms with Crippen LogP contribution in [0.3, 0.4) is 0 Å². The average Bonchev–Trinajstić information content (AvgIpc) is 2.73. The number of aromatic nitrogens is 3. The lowest BCUT2D eigenvalue weighted by molar-refractivity contribution is -0.385. The molecule has 2 rings (SSSR count). The minimum absolute atomic E-state index is 0.0563. The lowest BCUT2D eigenvalue weighted by atomic mass is 10.2. The Hall–Kier alpha value is -2.49. The molecule has 21 heavy (non-hydrogen) atoms. The van der Waals surface area contributed by atoms with Crippen LogP contribution < -0.4 is 5.73 Å². The number of hydrogen-bond acceptors (Lipinski definition) is 6. The Morgan fingerprint density at radius 3 is 2.71 bits per heavy atom. The molecule has 0 radical (unpaired) electrons. The van der Waals surface area contributed by atoms with Crippen LogP contribution in [0.5, 0.6) is 0 Å². The number of oxime groups is 1. The zero-order valence-corrected chi connectivity index (χ0v) is 12.7. The van der Waals surface area contributed by atoms with Crippen LogP contribution >= 0.6 is 15.9 Å². The summed E-state index contributed by atoms with van der Waals surface area (Å²) in [6.07, 6.45) is 1.28. The van der Waals surface area contributed by atoms with Crippen LogP contribution in [0.2, 0.25) is 0 Å². The summed E-state index contributed by atoms with van der Waals surface area (Å²) in [6.45, 7) is 3.52. The number of nitro groups is 1. The van der Waals surface area contributed by atoms with Crippen molar-refractivity contribution in [1.29, 1.82) is 0 Å². The molecule has 0 aromatic carbocycles. The van der Waals surface area contributed by atoms with Gasteiger partial charge < -0.3 is 10.9 Å². The van der Waals surface area contributed by atoms with Crippen molar-refractivity contribution in [3.05, 3.63) is 43.8 Å². The summed E-state index contributed by atoms with van der Waals surface area (Å²) in [6, 6.07) is 1.18. The molecule has 10 heteroatoms. The monoisotopic (exact) mass is 354 g/mol. The molecule has 0 saturated heterocycles. The third-order valence-electron chi connectivity index (χ3n) is 2.85. The van der Waals surface area contributed by atoms with Gasteiger partial charge in [-0.1, -0.05) is 5.16 Å². The predicted octanol–water partition coefficient (Wildman–Crippen LogP) is 1.65. The second-order valence-corrected chi connectivity index (χ2v) is 5.00. The van der Waals surface area contributed by atoms with E-state index in [1.54, 1.807) is 13.8 Å². The maximum atomic E-state index is 11.2. The molecule has 3 N–H and O–H groups in total. The molecule has 0 aliphatic heterocycles. The number of hydrogen-bond donors (Lipinski definition) is 2. The number of aryl methyl sites for hydroxylation is 1. The van der Waals surface area contributed by atoms with E-state index >= 15 is 0 Å². The zero-order chi connectivity index (χ0) is 15.7. The lowest BCUT2D eigenvalue weighted by Crippen LogP contribution is -2.15. The van der Waals surface area contributed by atoms with Gasteiger partial charge in [0.15, 0.2) is 5.84 Å². The fraction of sp³-hybridized carbons (Fsp3) is 0.182. The first-order valence-corrected chi connectivity index (χ1v) is 6.50. The van der Waals surface area contributed by atoms with E-state index in [9.17, 15) is 10.1 Å². The Labute approximate surface area is 127 Å². The summed E-state index contributed by atoms with van der Waals surface area (Å²) >= 11 is 3.35. The molecule has 2 aromatic rings. The maximum absolute atomic E-state index is 11.2. The Bertz CT molecular complexity index is 755. The highest BCUT2D eigenvalue weighted by Gasteiger charge is 2.22. The molecule has 0 atom stereocenters. The van der Waals surface area contributed by atoms with Crippen molar-refractivity contribution >= 4 is 27.5 Å². The van der Waals surface area contributed by atoms with Gasteiger partial charge in [0.1, 0.15) is 0 Å². The first-order chi connectivity index (χ1) is 9.86. The standard InChI is InChI=1S/C11H11BrN6O3/c1-5-9(12)6(2)17(15-5)11-8(18(20)21)3-7(4-14-11)10(13)16-19/h3-4,19H,1-2H3,(H2,13,16). The van der Waals surface area contributed by atoms with Gasteiger partial charge in [0, 0.05) is 17.8 Å². The van der Waals surface area contributed by atoms with Gasteiger partial charge in [-0.05, 0) is 29.8 Å². The van der Waals surface area contributed by atoms with E-state index in [4.69, 9.17) is 10.9 Å². The van der Waals surface area contributed by atoms with Gasteiger partial charge in [-0.15, -0.1) is 0 Å². The van der Waals surface area contributed by atoms with Crippen molar-refractivity contribution in [2.75, 3.05) is 0 Å². The van der Waals surface area contributed by atoms with E-state index in [2.05, 4.69) is 31.2 Å². The van der Waals surface area contributed by atoms with Crippen LogP contribution in [-0.4, -0.2) is 30.7 Å². The van der Waals surface area contributed by atoms with Crippen molar-refractivity contribution in [2.45, 2.75) is 13.8 Å². The summed E-state index contributed by atoms with van der Waals surface area (Å²) in [5.74, 6) is -0.201. The van der Waals surface area contributed by atoms with Crippen molar-refractivity contribution in [3.63, 3.8) is 0 Å². The first-order valence-electron chi connectivity index (χ1n) is 5.71. The van der Waals surface area contributed by atoms with Gasteiger partial charge in [0.2, 0.25) is 5.82 Å². The highest BCUT2D eigenvalue weighted by Crippen LogP contribution is 2.27. The van der Waals surface area contributed by atoms with Gasteiger partial charge in [-0.3, -0.25) is 10.1 Å². The summed E-state index contributed by atoms with van der Waals surface area (Å²) in [4.78, 5) is 14.7. The molecule has 9 nitrogen and oxygen atoms in total. The fourth-order valence-corrected chi connectivity index (χ4v) is 2.02. The van der Waals surface area contributed by atoms with Crippen LogP contribution in [0.1, 0.15) is 17.0 Å². The number of amidine groups is 1. The molecule has 2 aromatic heterocycles. The topological polar surface area (TPSA) is 132 Å². The van der Waals surface area contributed by atoms with Crippen LogP contribution in [0.25, 0.3) is 5.82 Å². The molecular weight excluding hydrogens is 344 g/mol. The van der Waals surface area contributed by atoms with Gasteiger partial charge in [0.05, 0.1) is 20.8 Å². The molecule has 0 fully saturated rings. The van der Waals surface area contributed by atoms with E-state index in [-0.39, 0.29) is 22.9 Å². The zero-order valence-electron chi connectivity index (χ0n) is 11.1.